The average Bonchev–Trinajstić information content (AvgIpc) is 2.76. The van der Waals surface area contributed by atoms with Gasteiger partial charge in [-0.05, 0) is 18.1 Å². The van der Waals surface area contributed by atoms with E-state index in [-0.39, 0.29) is 0 Å². The summed E-state index contributed by atoms with van der Waals surface area (Å²) in [4.78, 5) is 8.04. The van der Waals surface area contributed by atoms with Gasteiger partial charge < -0.3 is 5.21 Å². The van der Waals surface area contributed by atoms with E-state index in [0.29, 0.717) is 10.7 Å². The quantitative estimate of drug-likeness (QED) is 0.351. The minimum atomic E-state index is 0.603. The molecule has 0 atom stereocenters. The maximum Gasteiger partial charge on any atom is 0.167 e. The largest absolute Gasteiger partial charge is 0.411 e. The highest BCUT2D eigenvalue weighted by atomic mass is 32.1. The molecule has 1 N–H and O–H groups in total. The van der Waals surface area contributed by atoms with Crippen LogP contribution in [0, 0.1) is 11.8 Å². The molecule has 5 heteroatoms. The summed E-state index contributed by atoms with van der Waals surface area (Å²) in [6.45, 7) is 0. The van der Waals surface area contributed by atoms with E-state index in [0.717, 1.165) is 5.56 Å². The molecule has 16 heavy (non-hydrogen) atoms. The summed E-state index contributed by atoms with van der Waals surface area (Å²) in [7, 11) is 0. The zero-order chi connectivity index (χ0) is 11.2. The van der Waals surface area contributed by atoms with Crippen molar-refractivity contribution in [3.63, 3.8) is 0 Å². The molecular weight excluding hydrogens is 222 g/mol. The molecule has 2 rings (SSSR count). The van der Waals surface area contributed by atoms with Crippen LogP contribution in [0.25, 0.3) is 0 Å². The van der Waals surface area contributed by atoms with Crippen LogP contribution < -0.4 is 0 Å². The molecule has 2 aromatic heterocycles. The Morgan fingerprint density at radius 3 is 2.88 bits per heavy atom. The molecule has 0 bridgehead atoms. The lowest BCUT2D eigenvalue weighted by Crippen LogP contribution is -1.80. The van der Waals surface area contributed by atoms with Crippen LogP contribution in [0.1, 0.15) is 16.3 Å². The normalized spacial score (nSPS) is 10.0. The van der Waals surface area contributed by atoms with Crippen molar-refractivity contribution in [2.24, 2.45) is 5.16 Å². The van der Waals surface area contributed by atoms with Gasteiger partial charge in [0.25, 0.3) is 0 Å². The Morgan fingerprint density at radius 2 is 2.12 bits per heavy atom. The van der Waals surface area contributed by atoms with Gasteiger partial charge in [-0.3, -0.25) is 4.98 Å². The summed E-state index contributed by atoms with van der Waals surface area (Å²) in [5, 5.41) is 13.7. The molecular formula is C11H7N3OS. The van der Waals surface area contributed by atoms with Crippen LogP contribution in [0.5, 0.6) is 0 Å². The van der Waals surface area contributed by atoms with E-state index < -0.39 is 0 Å². The van der Waals surface area contributed by atoms with Crippen LogP contribution in [0.15, 0.2) is 35.1 Å². The van der Waals surface area contributed by atoms with Crippen LogP contribution >= 0.6 is 11.3 Å². The first-order valence-electron chi connectivity index (χ1n) is 4.43. The predicted octanol–water partition coefficient (Wildman–Crippen LogP) is 1.75. The number of aromatic nitrogens is 2. The average molecular weight is 229 g/mol. The molecule has 4 nitrogen and oxygen atoms in total. The maximum absolute atomic E-state index is 8.33. The van der Waals surface area contributed by atoms with Crippen molar-refractivity contribution in [3.8, 4) is 11.8 Å². The summed E-state index contributed by atoms with van der Waals surface area (Å²) < 4.78 is 0. The molecule has 0 aliphatic rings. The van der Waals surface area contributed by atoms with E-state index in [9.17, 15) is 0 Å². The number of nitrogens with zero attached hydrogens (tertiary/aromatic N) is 3. The standard InChI is InChI=1S/C11H7N3OS/c15-13-7-10-8-16-11(14-10)2-1-9-3-5-12-6-4-9/h3-8,15H/b13-7+. The SMILES string of the molecule is O/N=C/c1csc(C#Cc2ccncc2)n1. The molecule has 0 fully saturated rings. The van der Waals surface area contributed by atoms with Gasteiger partial charge in [0, 0.05) is 23.3 Å². The van der Waals surface area contributed by atoms with E-state index in [1.807, 2.05) is 12.1 Å². The molecule has 0 unspecified atom stereocenters. The second-order valence-electron chi connectivity index (χ2n) is 2.81. The molecule has 0 radical (unpaired) electrons. The first-order chi connectivity index (χ1) is 7.88. The summed E-state index contributed by atoms with van der Waals surface area (Å²) in [6.07, 6.45) is 4.65. The molecule has 2 heterocycles. The van der Waals surface area contributed by atoms with Gasteiger partial charge >= 0.3 is 0 Å². The zero-order valence-corrected chi connectivity index (χ0v) is 8.98. The summed E-state index contributed by atoms with van der Waals surface area (Å²) in [5.74, 6) is 5.89. The van der Waals surface area contributed by atoms with Crippen molar-refractivity contribution in [3.05, 3.63) is 46.2 Å². The molecule has 0 aromatic carbocycles. The Balaban J connectivity index is 2.18. The molecule has 0 amide bonds. The minimum absolute atomic E-state index is 0.603. The lowest BCUT2D eigenvalue weighted by atomic mass is 10.3. The van der Waals surface area contributed by atoms with Crippen LogP contribution in [0.4, 0.5) is 0 Å². The molecule has 78 valence electrons. The molecule has 0 spiro atoms. The number of pyridine rings is 1. The first kappa shape index (κ1) is 10.3. The second-order valence-corrected chi connectivity index (χ2v) is 3.67. The number of hydrogen-bond donors (Lipinski definition) is 1. The van der Waals surface area contributed by atoms with Gasteiger partial charge in [-0.25, -0.2) is 4.98 Å². The van der Waals surface area contributed by atoms with Gasteiger partial charge in [0.2, 0.25) is 0 Å². The topological polar surface area (TPSA) is 58.4 Å². The monoisotopic (exact) mass is 229 g/mol. The van der Waals surface area contributed by atoms with Crippen molar-refractivity contribution in [2.45, 2.75) is 0 Å². The van der Waals surface area contributed by atoms with Crippen LogP contribution in [-0.2, 0) is 0 Å². The van der Waals surface area contributed by atoms with Gasteiger partial charge in [-0.15, -0.1) is 11.3 Å². The Hall–Kier alpha value is -2.19. The van der Waals surface area contributed by atoms with Gasteiger partial charge in [-0.1, -0.05) is 11.1 Å². The molecule has 0 saturated heterocycles. The Kier molecular flexibility index (Phi) is 3.26. The highest BCUT2D eigenvalue weighted by Crippen LogP contribution is 2.06. The zero-order valence-electron chi connectivity index (χ0n) is 8.16. The highest BCUT2D eigenvalue weighted by molar-refractivity contribution is 7.10. The van der Waals surface area contributed by atoms with Crippen LogP contribution in [-0.4, -0.2) is 21.4 Å². The predicted molar refractivity (Wildman–Crippen MR) is 61.7 cm³/mol. The lowest BCUT2D eigenvalue weighted by molar-refractivity contribution is 0.321. The van der Waals surface area contributed by atoms with E-state index in [2.05, 4.69) is 27.0 Å². The van der Waals surface area contributed by atoms with E-state index in [1.54, 1.807) is 17.8 Å². The number of hydrogen-bond acceptors (Lipinski definition) is 5. The minimum Gasteiger partial charge on any atom is -0.411 e. The van der Waals surface area contributed by atoms with Gasteiger partial charge in [0.05, 0.1) is 11.9 Å². The Bertz CT molecular complexity index is 551. The molecule has 0 saturated carbocycles. The summed E-state index contributed by atoms with van der Waals surface area (Å²) in [5.41, 5.74) is 1.49. The molecule has 0 aliphatic heterocycles. The van der Waals surface area contributed by atoms with E-state index in [4.69, 9.17) is 5.21 Å². The maximum atomic E-state index is 8.33. The van der Waals surface area contributed by atoms with Gasteiger partial charge in [0.1, 0.15) is 0 Å². The van der Waals surface area contributed by atoms with Gasteiger partial charge in [0.15, 0.2) is 5.01 Å². The Morgan fingerprint density at radius 1 is 1.31 bits per heavy atom. The number of oxime groups is 1. The molecule has 0 aliphatic carbocycles. The van der Waals surface area contributed by atoms with E-state index >= 15 is 0 Å². The number of thiazole rings is 1. The highest BCUT2D eigenvalue weighted by Gasteiger charge is 1.95. The summed E-state index contributed by atoms with van der Waals surface area (Å²) >= 11 is 1.41. The Labute approximate surface area is 96.3 Å². The van der Waals surface area contributed by atoms with Crippen LogP contribution in [0.3, 0.4) is 0 Å². The number of rotatable bonds is 1. The van der Waals surface area contributed by atoms with Crippen molar-refractivity contribution >= 4 is 17.6 Å². The van der Waals surface area contributed by atoms with Crippen molar-refractivity contribution in [1.29, 1.82) is 0 Å². The van der Waals surface area contributed by atoms with Crippen LogP contribution in [0.2, 0.25) is 0 Å². The fraction of sp³-hybridized carbons (Fsp3) is 0. The van der Waals surface area contributed by atoms with Gasteiger partial charge in [-0.2, -0.15) is 0 Å². The summed E-state index contributed by atoms with van der Waals surface area (Å²) in [6, 6.07) is 3.66. The second kappa shape index (κ2) is 5.05. The first-order valence-corrected chi connectivity index (χ1v) is 5.31. The smallest absolute Gasteiger partial charge is 0.167 e. The van der Waals surface area contributed by atoms with Crippen molar-refractivity contribution in [1.82, 2.24) is 9.97 Å². The third kappa shape index (κ3) is 2.65. The van der Waals surface area contributed by atoms with Crippen molar-refractivity contribution in [2.75, 3.05) is 0 Å². The third-order valence-electron chi connectivity index (χ3n) is 1.71. The van der Waals surface area contributed by atoms with Crippen molar-refractivity contribution < 1.29 is 5.21 Å². The fourth-order valence-corrected chi connectivity index (χ4v) is 1.64. The lowest BCUT2D eigenvalue weighted by Gasteiger charge is -1.84. The fourth-order valence-electron chi connectivity index (χ4n) is 1.02. The molecule has 2 aromatic rings. The van der Waals surface area contributed by atoms with E-state index in [1.165, 1.54) is 17.6 Å². The third-order valence-corrected chi connectivity index (χ3v) is 2.48.